The van der Waals surface area contributed by atoms with E-state index in [1.807, 2.05) is 48.5 Å². The molecule has 0 saturated carbocycles. The van der Waals surface area contributed by atoms with Crippen molar-refractivity contribution in [3.8, 4) is 0 Å². The number of Topliss-reactive ketones (excluding diaryl/α,β-unsaturated/α-hetero) is 2. The number of carbonyl (C=O) groups excluding carboxylic acids is 4. The highest BCUT2D eigenvalue weighted by Crippen LogP contribution is 2.44. The van der Waals surface area contributed by atoms with Crippen LogP contribution in [0.2, 0.25) is 0 Å². The Bertz CT molecular complexity index is 1840. The fourth-order valence-electron chi connectivity index (χ4n) is 11.6. The van der Waals surface area contributed by atoms with Crippen molar-refractivity contribution in [2.75, 3.05) is 52.4 Å². The van der Waals surface area contributed by atoms with Gasteiger partial charge in [-0.15, -0.1) is 0 Å². The molecule has 16 heteroatoms. The zero-order valence-corrected chi connectivity index (χ0v) is 42.7. The first kappa shape index (κ1) is 57.8. The molecule has 68 heavy (non-hydrogen) atoms. The molecule has 2 aromatic rings. The molecule has 0 spiro atoms. The van der Waals surface area contributed by atoms with E-state index in [1.165, 1.54) is 161 Å². The third-order valence-electron chi connectivity index (χ3n) is 14.9. The second kappa shape index (κ2) is 28.3. The quantitative estimate of drug-likeness (QED) is 0.162. The summed E-state index contributed by atoms with van der Waals surface area (Å²) in [4.78, 5) is 45.9. The molecule has 2 aromatic carbocycles. The maximum Gasteiger partial charge on any atom is 0.430 e. The summed E-state index contributed by atoms with van der Waals surface area (Å²) < 4.78 is 67.2. The molecule has 8 nitrogen and oxygen atoms in total. The molecule has 5 fully saturated rings. The molecule has 0 amide bonds. The van der Waals surface area contributed by atoms with Crippen molar-refractivity contribution in [1.29, 1.82) is 0 Å². The summed E-state index contributed by atoms with van der Waals surface area (Å²) in [6.45, 7) is 8.31. The SMILES string of the molecule is O=C(C[N+]12CCCCCCCCCC[C@H]3C[C@@H]4C[N+](CC(=O)c5ccc(Br)cc5)(CCCCCCCCCCCC[C@@H](C1)[C@@H]4CC2)C3)c1ccc(Br)cc1.O=C([O-])C(F)(F)F.O=C([O-])C(F)(F)F. The van der Waals surface area contributed by atoms with E-state index < -0.39 is 24.3 Å². The molecule has 7 rings (SSSR count). The number of alkyl halides is 6. The van der Waals surface area contributed by atoms with E-state index in [2.05, 4.69) is 31.9 Å². The van der Waals surface area contributed by atoms with E-state index in [-0.39, 0.29) is 0 Å². The van der Waals surface area contributed by atoms with Gasteiger partial charge in [-0.3, -0.25) is 9.59 Å². The van der Waals surface area contributed by atoms with Gasteiger partial charge in [0.15, 0.2) is 0 Å². The van der Waals surface area contributed by atoms with Crippen LogP contribution in [0.5, 0.6) is 0 Å². The molecule has 6 bridgehead atoms. The average Bonchev–Trinajstić information content (AvgIpc) is 3.27. The Hall–Kier alpha value is -2.82. The molecule has 0 aromatic heterocycles. The monoisotopic (exact) mass is 1090 g/mol. The number of fused-ring (bicyclic) bond motifs is 11. The van der Waals surface area contributed by atoms with Gasteiger partial charge in [0.25, 0.3) is 0 Å². The lowest BCUT2D eigenvalue weighted by molar-refractivity contribution is -0.937. The number of piperidine rings is 2. The summed E-state index contributed by atoms with van der Waals surface area (Å²) in [7, 11) is 0. The molecule has 0 aliphatic carbocycles. The third-order valence-corrected chi connectivity index (χ3v) is 15.9. The van der Waals surface area contributed by atoms with Crippen molar-refractivity contribution in [2.24, 2.45) is 23.7 Å². The van der Waals surface area contributed by atoms with E-state index in [0.29, 0.717) is 48.3 Å². The van der Waals surface area contributed by atoms with Crippen LogP contribution in [0.15, 0.2) is 57.5 Å². The first-order chi connectivity index (χ1) is 32.2. The van der Waals surface area contributed by atoms with Crippen LogP contribution < -0.4 is 10.2 Å². The van der Waals surface area contributed by atoms with E-state index in [0.717, 1.165) is 48.7 Å². The number of carbonyl (C=O) groups is 4. The van der Waals surface area contributed by atoms with Crippen LogP contribution in [0.4, 0.5) is 26.3 Å². The van der Waals surface area contributed by atoms with Crippen molar-refractivity contribution < 1.29 is 64.7 Å². The maximum atomic E-state index is 14.3. The fraction of sp³-hybridized carbons (Fsp3) is 0.692. The summed E-state index contributed by atoms with van der Waals surface area (Å²) in [5.74, 6) is -2.60. The molecule has 0 radical (unpaired) electrons. The maximum absolute atomic E-state index is 14.3. The van der Waals surface area contributed by atoms with Crippen LogP contribution in [-0.4, -0.2) is 97.2 Å². The number of ketones is 2. The standard InChI is InChI=1S/C48H72Br2N2O2.2C2HF3O2/c49-44-25-21-40(22-26-44)47(53)37-51-30-17-13-9-6-4-7-11-15-19-39-33-43-36-52(34-39,38-48(54)41-23-27-45(50)28-24-41)31-18-14-10-5-2-1-3-8-12-16-20-42(35-51)46(43)29-32-51;2*3-2(4,5)1(6)7/h21-28,39,42-43,46H,1-20,29-38H2;2*(H,6,7)/q+2;;/p-2/t39-,42-,43+,46-,51?,52?;;/m0../s1. The molecular weight excluding hydrogens is 1020 g/mol. The molecule has 0 N–H and O–H groups in total. The predicted octanol–water partition coefficient (Wildman–Crippen LogP) is 11.6. The van der Waals surface area contributed by atoms with Crippen molar-refractivity contribution in [3.05, 3.63) is 68.6 Å². The lowest BCUT2D eigenvalue weighted by Gasteiger charge is -2.53. The minimum atomic E-state index is -5.19. The zero-order valence-electron chi connectivity index (χ0n) is 39.5. The Kier molecular flexibility index (Phi) is 24.0. The Labute approximate surface area is 416 Å². The first-order valence-electron chi connectivity index (χ1n) is 25.0. The van der Waals surface area contributed by atoms with Gasteiger partial charge in [0.1, 0.15) is 25.0 Å². The Morgan fingerprint density at radius 3 is 1.25 bits per heavy atom. The van der Waals surface area contributed by atoms with Crippen LogP contribution in [0.3, 0.4) is 0 Å². The normalized spacial score (nSPS) is 27.2. The number of carboxylic acid groups (broad SMARTS) is 2. The summed E-state index contributed by atoms with van der Waals surface area (Å²) in [5.41, 5.74) is 1.75. The molecule has 382 valence electrons. The average molecular weight is 1090 g/mol. The van der Waals surface area contributed by atoms with Crippen LogP contribution in [0.25, 0.3) is 0 Å². The fourth-order valence-corrected chi connectivity index (χ4v) is 12.1. The van der Waals surface area contributed by atoms with Crippen molar-refractivity contribution in [1.82, 2.24) is 0 Å². The third kappa shape index (κ3) is 20.1. The Morgan fingerprint density at radius 2 is 0.824 bits per heavy atom. The van der Waals surface area contributed by atoms with Crippen molar-refractivity contribution >= 4 is 55.4 Å². The summed E-state index contributed by atoms with van der Waals surface area (Å²) in [6, 6.07) is 16.3. The lowest BCUT2D eigenvalue weighted by atomic mass is 9.68. The molecule has 6 atom stereocenters. The largest absolute Gasteiger partial charge is 0.542 e. The zero-order chi connectivity index (χ0) is 49.8. The van der Waals surface area contributed by atoms with Crippen molar-refractivity contribution in [2.45, 2.75) is 154 Å². The summed E-state index contributed by atoms with van der Waals surface area (Å²) in [5, 5.41) is 17.6. The number of rotatable bonds is 6. The van der Waals surface area contributed by atoms with Gasteiger partial charge in [-0.1, -0.05) is 146 Å². The minimum absolute atomic E-state index is 0.330. The molecule has 5 aliphatic rings. The van der Waals surface area contributed by atoms with E-state index >= 15 is 0 Å². The molecule has 2 unspecified atom stereocenters. The Balaban J connectivity index is 0.000000626. The van der Waals surface area contributed by atoms with Gasteiger partial charge in [-0.25, -0.2) is 0 Å². The number of benzene rings is 2. The molecular formula is C52H72Br2F6N2O6. The number of halogens is 8. The number of nitrogens with zero attached hydrogens (tertiary/aromatic N) is 2. The van der Waals surface area contributed by atoms with Gasteiger partial charge in [-0.2, -0.15) is 26.3 Å². The summed E-state index contributed by atoms with van der Waals surface area (Å²) in [6.07, 6.45) is 19.0. The predicted molar refractivity (Wildman–Crippen MR) is 254 cm³/mol. The number of aliphatic carboxylic acids is 2. The van der Waals surface area contributed by atoms with E-state index in [9.17, 15) is 35.9 Å². The number of hydrogen-bond donors (Lipinski definition) is 0. The number of quaternary nitrogens is 2. The molecule has 5 saturated heterocycles. The van der Waals surface area contributed by atoms with Gasteiger partial charge in [0.05, 0.1) is 39.3 Å². The van der Waals surface area contributed by atoms with Crippen molar-refractivity contribution in [3.63, 3.8) is 0 Å². The molecule has 5 heterocycles. The van der Waals surface area contributed by atoms with Crippen LogP contribution >= 0.6 is 31.9 Å². The topological polar surface area (TPSA) is 114 Å². The smallest absolute Gasteiger partial charge is 0.430 e. The number of hydrogen-bond acceptors (Lipinski definition) is 6. The second-order valence-corrected chi connectivity index (χ2v) is 22.0. The molecule has 5 aliphatic heterocycles. The highest BCUT2D eigenvalue weighted by Gasteiger charge is 2.49. The Morgan fingerprint density at radius 1 is 0.471 bits per heavy atom. The number of carboxylic acids is 2. The minimum Gasteiger partial charge on any atom is -0.542 e. The first-order valence-corrected chi connectivity index (χ1v) is 26.6. The van der Waals surface area contributed by atoms with Crippen LogP contribution in [-0.2, 0) is 9.59 Å². The van der Waals surface area contributed by atoms with Gasteiger partial charge >= 0.3 is 12.4 Å². The van der Waals surface area contributed by atoms with E-state index in [1.54, 1.807) is 0 Å². The van der Waals surface area contributed by atoms with E-state index in [4.69, 9.17) is 19.8 Å². The van der Waals surface area contributed by atoms with Gasteiger partial charge in [-0.05, 0) is 75.1 Å². The highest BCUT2D eigenvalue weighted by molar-refractivity contribution is 9.10. The lowest BCUT2D eigenvalue weighted by Crippen LogP contribution is -2.63. The second-order valence-electron chi connectivity index (χ2n) is 20.2. The highest BCUT2D eigenvalue weighted by atomic mass is 79.9. The van der Waals surface area contributed by atoms with Gasteiger partial charge in [0.2, 0.25) is 11.6 Å². The van der Waals surface area contributed by atoms with Crippen LogP contribution in [0, 0.1) is 23.7 Å². The van der Waals surface area contributed by atoms with Crippen LogP contribution in [0.1, 0.15) is 162 Å². The van der Waals surface area contributed by atoms with Gasteiger partial charge in [0, 0.05) is 44.2 Å². The van der Waals surface area contributed by atoms with Gasteiger partial charge < -0.3 is 28.8 Å². The summed E-state index contributed by atoms with van der Waals surface area (Å²) >= 11 is 7.19.